The van der Waals surface area contributed by atoms with Crippen LogP contribution in [0.4, 0.5) is 4.79 Å². The highest BCUT2D eigenvalue weighted by Gasteiger charge is 2.56. The third-order valence-corrected chi connectivity index (χ3v) is 5.03. The predicted octanol–water partition coefficient (Wildman–Crippen LogP) is 0.264. The van der Waals surface area contributed by atoms with Crippen molar-refractivity contribution in [2.45, 2.75) is 56.1 Å². The molecule has 3 aliphatic heterocycles. The van der Waals surface area contributed by atoms with Crippen LogP contribution in [0.15, 0.2) is 0 Å². The molecule has 0 aliphatic carbocycles. The molecule has 1 spiro atoms. The number of urea groups is 1. The fourth-order valence-electron chi connectivity index (χ4n) is 3.93. The van der Waals surface area contributed by atoms with Gasteiger partial charge in [0.25, 0.3) is 5.91 Å². The number of hydrogen-bond acceptors (Lipinski definition) is 4. The van der Waals surface area contributed by atoms with Gasteiger partial charge in [0.15, 0.2) is 0 Å². The Kier molecular flexibility index (Phi) is 3.02. The maximum Gasteiger partial charge on any atom is 0.326 e. The molecule has 6 heteroatoms. The van der Waals surface area contributed by atoms with E-state index in [1.54, 1.807) is 0 Å². The van der Waals surface area contributed by atoms with Crippen LogP contribution in [0.2, 0.25) is 0 Å². The Balaban J connectivity index is 1.90. The minimum atomic E-state index is -0.772. The van der Waals surface area contributed by atoms with E-state index in [1.165, 1.54) is 12.8 Å². The first-order valence-corrected chi connectivity index (χ1v) is 7.04. The van der Waals surface area contributed by atoms with Gasteiger partial charge in [-0.1, -0.05) is 12.8 Å². The Bertz CT molecular complexity index is 396. The van der Waals surface area contributed by atoms with Gasteiger partial charge in [0.1, 0.15) is 12.3 Å². The number of fused-ring (bicyclic) bond motifs is 2. The van der Waals surface area contributed by atoms with Crippen molar-refractivity contribution in [3.8, 4) is 0 Å². The molecule has 3 aliphatic rings. The first-order chi connectivity index (χ1) is 9.07. The SMILES string of the molecule is CN1[C@@H]2CCCC[C@H]1CC1(C2)NC(=O)N(CO)C1=O. The van der Waals surface area contributed by atoms with Crippen LogP contribution in [0.25, 0.3) is 0 Å². The van der Waals surface area contributed by atoms with Gasteiger partial charge in [-0.15, -0.1) is 0 Å². The van der Waals surface area contributed by atoms with Crippen LogP contribution in [0.3, 0.4) is 0 Å². The Morgan fingerprint density at radius 2 is 1.84 bits per heavy atom. The quantitative estimate of drug-likeness (QED) is 0.669. The van der Waals surface area contributed by atoms with E-state index in [1.807, 2.05) is 0 Å². The number of amides is 3. The molecule has 3 rings (SSSR count). The van der Waals surface area contributed by atoms with Gasteiger partial charge >= 0.3 is 6.03 Å². The number of nitrogens with one attached hydrogen (secondary N) is 1. The van der Waals surface area contributed by atoms with Crippen LogP contribution in [0.5, 0.6) is 0 Å². The lowest BCUT2D eigenvalue weighted by atomic mass is 9.79. The normalized spacial score (nSPS) is 39.6. The van der Waals surface area contributed by atoms with Gasteiger partial charge in [-0.05, 0) is 32.7 Å². The van der Waals surface area contributed by atoms with Crippen molar-refractivity contribution in [2.75, 3.05) is 13.8 Å². The van der Waals surface area contributed by atoms with Crippen molar-refractivity contribution in [3.05, 3.63) is 0 Å². The summed E-state index contributed by atoms with van der Waals surface area (Å²) in [4.78, 5) is 27.5. The summed E-state index contributed by atoms with van der Waals surface area (Å²) in [5.74, 6) is -0.245. The highest BCUT2D eigenvalue weighted by atomic mass is 16.3. The minimum absolute atomic E-state index is 0.245. The Labute approximate surface area is 112 Å². The molecule has 1 unspecified atom stereocenters. The molecule has 2 N–H and O–H groups in total. The topological polar surface area (TPSA) is 72.9 Å². The molecule has 19 heavy (non-hydrogen) atoms. The summed E-state index contributed by atoms with van der Waals surface area (Å²) in [6, 6.07) is 0.252. The van der Waals surface area contributed by atoms with Crippen LogP contribution < -0.4 is 5.32 Å². The van der Waals surface area contributed by atoms with Gasteiger partial charge in [-0.2, -0.15) is 0 Å². The predicted molar refractivity (Wildman–Crippen MR) is 68.2 cm³/mol. The number of carbonyl (C=O) groups excluding carboxylic acids is 2. The summed E-state index contributed by atoms with van der Waals surface area (Å²) >= 11 is 0. The van der Waals surface area contributed by atoms with Crippen LogP contribution in [-0.4, -0.2) is 58.2 Å². The van der Waals surface area contributed by atoms with Crippen LogP contribution in [-0.2, 0) is 4.79 Å². The molecule has 3 atom stereocenters. The van der Waals surface area contributed by atoms with Crippen LogP contribution in [0.1, 0.15) is 38.5 Å². The number of imide groups is 1. The molecule has 3 saturated heterocycles. The summed E-state index contributed by atoms with van der Waals surface area (Å²) in [5.41, 5.74) is -0.772. The smallest absolute Gasteiger partial charge is 0.326 e. The lowest BCUT2D eigenvalue weighted by Gasteiger charge is -2.45. The average Bonchev–Trinajstić information content (AvgIpc) is 2.55. The van der Waals surface area contributed by atoms with E-state index in [2.05, 4.69) is 17.3 Å². The maximum atomic E-state index is 12.4. The van der Waals surface area contributed by atoms with E-state index >= 15 is 0 Å². The average molecular weight is 267 g/mol. The number of aliphatic hydroxyl groups is 1. The summed E-state index contributed by atoms with van der Waals surface area (Å²) in [6.07, 6.45) is 5.87. The molecule has 0 aromatic heterocycles. The van der Waals surface area contributed by atoms with Gasteiger partial charge in [0, 0.05) is 12.1 Å². The van der Waals surface area contributed by atoms with Crippen molar-refractivity contribution in [1.29, 1.82) is 0 Å². The van der Waals surface area contributed by atoms with E-state index < -0.39 is 18.3 Å². The molecule has 6 nitrogen and oxygen atoms in total. The number of aliphatic hydroxyl groups excluding tert-OH is 1. The van der Waals surface area contributed by atoms with Crippen molar-refractivity contribution in [3.63, 3.8) is 0 Å². The van der Waals surface area contributed by atoms with Crippen LogP contribution in [0, 0.1) is 0 Å². The second kappa shape index (κ2) is 4.45. The zero-order valence-corrected chi connectivity index (χ0v) is 11.3. The number of hydrogen-bond donors (Lipinski definition) is 2. The van der Waals surface area contributed by atoms with E-state index in [-0.39, 0.29) is 5.91 Å². The molecule has 0 aromatic carbocycles. The fourth-order valence-corrected chi connectivity index (χ4v) is 3.93. The molecule has 0 saturated carbocycles. The second-order valence-corrected chi connectivity index (χ2v) is 6.05. The fraction of sp³-hybridized carbons (Fsp3) is 0.846. The summed E-state index contributed by atoms with van der Waals surface area (Å²) < 4.78 is 0. The number of carbonyl (C=O) groups is 2. The number of nitrogens with zero attached hydrogens (tertiary/aromatic N) is 2. The standard InChI is InChI=1S/C13H21N3O3/c1-15-9-4-2-3-5-10(15)7-13(6-9)11(18)16(8-17)12(19)14-13/h9-10,17H,2-8H2,1H3,(H,14,19)/t9-,10+,13?. The lowest BCUT2D eigenvalue weighted by Crippen LogP contribution is -2.60. The zero-order valence-electron chi connectivity index (χ0n) is 11.3. The summed E-state index contributed by atoms with van der Waals surface area (Å²) in [6.45, 7) is -0.530. The molecular formula is C13H21N3O3. The number of rotatable bonds is 1. The summed E-state index contributed by atoms with van der Waals surface area (Å²) in [7, 11) is 2.12. The molecule has 106 valence electrons. The van der Waals surface area contributed by atoms with Gasteiger partial charge < -0.3 is 15.3 Å². The third-order valence-electron chi connectivity index (χ3n) is 5.03. The molecular weight excluding hydrogens is 246 g/mol. The van der Waals surface area contributed by atoms with Crippen molar-refractivity contribution in [1.82, 2.24) is 15.1 Å². The van der Waals surface area contributed by atoms with E-state index in [9.17, 15) is 9.59 Å². The first-order valence-electron chi connectivity index (χ1n) is 7.04. The van der Waals surface area contributed by atoms with Gasteiger partial charge in [0.2, 0.25) is 0 Å². The van der Waals surface area contributed by atoms with E-state index in [0.29, 0.717) is 24.9 Å². The van der Waals surface area contributed by atoms with Crippen molar-refractivity contribution < 1.29 is 14.7 Å². The van der Waals surface area contributed by atoms with Gasteiger partial charge in [-0.3, -0.25) is 4.79 Å². The molecule has 0 aromatic rings. The zero-order chi connectivity index (χ0) is 13.6. The first kappa shape index (κ1) is 12.9. The summed E-state index contributed by atoms with van der Waals surface area (Å²) in [5, 5.41) is 12.0. The van der Waals surface area contributed by atoms with E-state index in [4.69, 9.17) is 5.11 Å². The molecule has 3 amide bonds. The Hall–Kier alpha value is -1.14. The van der Waals surface area contributed by atoms with Crippen molar-refractivity contribution in [2.24, 2.45) is 0 Å². The van der Waals surface area contributed by atoms with Crippen molar-refractivity contribution >= 4 is 11.9 Å². The van der Waals surface area contributed by atoms with E-state index in [0.717, 1.165) is 17.7 Å². The number of piperidine rings is 1. The highest BCUT2D eigenvalue weighted by Crippen LogP contribution is 2.40. The molecule has 3 fully saturated rings. The van der Waals surface area contributed by atoms with Gasteiger partial charge in [-0.25, -0.2) is 9.69 Å². The Morgan fingerprint density at radius 3 is 2.32 bits per heavy atom. The van der Waals surface area contributed by atoms with Crippen LogP contribution >= 0.6 is 0 Å². The Morgan fingerprint density at radius 1 is 1.26 bits per heavy atom. The largest absolute Gasteiger partial charge is 0.376 e. The molecule has 0 radical (unpaired) electrons. The molecule has 3 heterocycles. The second-order valence-electron chi connectivity index (χ2n) is 6.05. The maximum absolute atomic E-state index is 12.4. The highest BCUT2D eigenvalue weighted by molar-refractivity contribution is 6.07. The molecule has 2 bridgehead atoms. The monoisotopic (exact) mass is 267 g/mol. The third kappa shape index (κ3) is 1.85. The van der Waals surface area contributed by atoms with Gasteiger partial charge in [0.05, 0.1) is 0 Å². The minimum Gasteiger partial charge on any atom is -0.376 e. The lowest BCUT2D eigenvalue weighted by molar-refractivity contribution is -0.137.